The fourth-order valence-electron chi connectivity index (χ4n) is 3.33. The standard InChI is InChI=1S/C21H21N3O3/c25-19-6-5-16(17-3-1-7-22-14-17)13-18(19)15-23-8-10-24(11-9-23)21(26)20-4-2-12-27-20/h1-7,12-14,25H,8-11,15H2. The van der Waals surface area contributed by atoms with Crippen LogP contribution in [0, 0.1) is 0 Å². The predicted octanol–water partition coefficient (Wildman–Crippen LogP) is 3.01. The lowest BCUT2D eigenvalue weighted by Gasteiger charge is -2.34. The lowest BCUT2D eigenvalue weighted by Crippen LogP contribution is -2.48. The number of pyridine rings is 1. The van der Waals surface area contributed by atoms with Gasteiger partial charge in [-0.2, -0.15) is 0 Å². The van der Waals surface area contributed by atoms with Gasteiger partial charge in [0.2, 0.25) is 0 Å². The molecule has 1 aliphatic heterocycles. The van der Waals surface area contributed by atoms with Crippen molar-refractivity contribution in [2.75, 3.05) is 26.2 Å². The van der Waals surface area contributed by atoms with E-state index in [9.17, 15) is 9.90 Å². The molecule has 0 bridgehead atoms. The number of phenols is 1. The van der Waals surface area contributed by atoms with Crippen LogP contribution in [-0.4, -0.2) is 52.0 Å². The molecule has 2 aromatic heterocycles. The summed E-state index contributed by atoms with van der Waals surface area (Å²) in [6, 6.07) is 13.0. The van der Waals surface area contributed by atoms with Crippen LogP contribution < -0.4 is 0 Å². The van der Waals surface area contributed by atoms with Gasteiger partial charge >= 0.3 is 0 Å². The summed E-state index contributed by atoms with van der Waals surface area (Å²) in [5, 5.41) is 10.3. The molecule has 1 amide bonds. The maximum atomic E-state index is 12.3. The van der Waals surface area contributed by atoms with Gasteiger partial charge in [0.15, 0.2) is 5.76 Å². The van der Waals surface area contributed by atoms with Gasteiger partial charge in [-0.3, -0.25) is 14.7 Å². The summed E-state index contributed by atoms with van der Waals surface area (Å²) < 4.78 is 5.20. The van der Waals surface area contributed by atoms with Crippen LogP contribution in [0.1, 0.15) is 16.1 Å². The van der Waals surface area contributed by atoms with Crippen LogP contribution in [0.5, 0.6) is 5.75 Å². The molecule has 0 radical (unpaired) electrons. The van der Waals surface area contributed by atoms with Gasteiger partial charge in [0, 0.05) is 56.2 Å². The Morgan fingerprint density at radius 3 is 2.63 bits per heavy atom. The van der Waals surface area contributed by atoms with E-state index in [0.717, 1.165) is 29.8 Å². The molecule has 138 valence electrons. The van der Waals surface area contributed by atoms with Gasteiger partial charge in [-0.05, 0) is 35.9 Å². The lowest BCUT2D eigenvalue weighted by molar-refractivity contribution is 0.0597. The third-order valence-corrected chi connectivity index (χ3v) is 4.86. The van der Waals surface area contributed by atoms with E-state index < -0.39 is 0 Å². The number of hydrogen-bond acceptors (Lipinski definition) is 5. The SMILES string of the molecule is O=C(c1ccco1)N1CCN(Cc2cc(-c3cccnc3)ccc2O)CC1. The first kappa shape index (κ1) is 17.3. The average Bonchev–Trinajstić information content (AvgIpc) is 3.25. The molecule has 0 aliphatic carbocycles. The molecule has 0 saturated carbocycles. The summed E-state index contributed by atoms with van der Waals surface area (Å²) in [4.78, 5) is 20.6. The quantitative estimate of drug-likeness (QED) is 0.772. The smallest absolute Gasteiger partial charge is 0.289 e. The molecule has 1 aliphatic rings. The highest BCUT2D eigenvalue weighted by Gasteiger charge is 2.24. The molecule has 3 heterocycles. The highest BCUT2D eigenvalue weighted by Crippen LogP contribution is 2.27. The molecule has 4 rings (SSSR count). The van der Waals surface area contributed by atoms with Crippen LogP contribution in [0.3, 0.4) is 0 Å². The van der Waals surface area contributed by atoms with Crippen molar-refractivity contribution >= 4 is 5.91 Å². The molecule has 0 spiro atoms. The topological polar surface area (TPSA) is 69.8 Å². The molecule has 1 aromatic carbocycles. The number of hydrogen-bond donors (Lipinski definition) is 1. The molecule has 1 saturated heterocycles. The summed E-state index contributed by atoms with van der Waals surface area (Å²) in [5.41, 5.74) is 2.93. The molecule has 6 nitrogen and oxygen atoms in total. The number of nitrogens with zero attached hydrogens (tertiary/aromatic N) is 3. The zero-order valence-electron chi connectivity index (χ0n) is 14.9. The van der Waals surface area contributed by atoms with Crippen LogP contribution in [0.25, 0.3) is 11.1 Å². The Kier molecular flexibility index (Phi) is 4.89. The van der Waals surface area contributed by atoms with E-state index in [1.807, 2.05) is 30.5 Å². The Balaban J connectivity index is 1.41. The number of benzene rings is 1. The maximum Gasteiger partial charge on any atom is 0.289 e. The average molecular weight is 363 g/mol. The van der Waals surface area contributed by atoms with Crippen molar-refractivity contribution in [3.8, 4) is 16.9 Å². The molecule has 1 N–H and O–H groups in total. The fraction of sp³-hybridized carbons (Fsp3) is 0.238. The maximum absolute atomic E-state index is 12.3. The number of amides is 1. The summed E-state index contributed by atoms with van der Waals surface area (Å²) in [6.45, 7) is 3.43. The number of carbonyl (C=O) groups is 1. The number of aromatic nitrogens is 1. The van der Waals surface area contributed by atoms with E-state index in [4.69, 9.17) is 4.42 Å². The Hall–Kier alpha value is -3.12. The van der Waals surface area contributed by atoms with Crippen LogP contribution in [0.4, 0.5) is 0 Å². The Labute approximate surface area is 157 Å². The van der Waals surface area contributed by atoms with Crippen molar-refractivity contribution in [2.24, 2.45) is 0 Å². The van der Waals surface area contributed by atoms with Gasteiger partial charge in [-0.25, -0.2) is 0 Å². The molecule has 6 heteroatoms. The van der Waals surface area contributed by atoms with Crippen molar-refractivity contribution in [1.29, 1.82) is 0 Å². The van der Waals surface area contributed by atoms with E-state index in [-0.39, 0.29) is 11.7 Å². The highest BCUT2D eigenvalue weighted by atomic mass is 16.3. The molecule has 0 unspecified atom stereocenters. The summed E-state index contributed by atoms with van der Waals surface area (Å²) in [6.07, 6.45) is 5.07. The van der Waals surface area contributed by atoms with Crippen LogP contribution >= 0.6 is 0 Å². The van der Waals surface area contributed by atoms with Gasteiger partial charge in [0.05, 0.1) is 6.26 Å². The Morgan fingerprint density at radius 1 is 1.07 bits per heavy atom. The first-order valence-electron chi connectivity index (χ1n) is 8.98. The number of carbonyl (C=O) groups excluding carboxylic acids is 1. The van der Waals surface area contributed by atoms with Crippen LogP contribution in [0.15, 0.2) is 65.5 Å². The predicted molar refractivity (Wildman–Crippen MR) is 101 cm³/mol. The third-order valence-electron chi connectivity index (χ3n) is 4.86. The number of furan rings is 1. The molecule has 1 fully saturated rings. The van der Waals surface area contributed by atoms with Crippen LogP contribution in [-0.2, 0) is 6.54 Å². The monoisotopic (exact) mass is 363 g/mol. The summed E-state index contributed by atoms with van der Waals surface area (Å²) >= 11 is 0. The van der Waals surface area contributed by atoms with E-state index in [2.05, 4.69) is 9.88 Å². The minimum absolute atomic E-state index is 0.0685. The number of piperazine rings is 1. The van der Waals surface area contributed by atoms with Crippen molar-refractivity contribution < 1.29 is 14.3 Å². The molecule has 27 heavy (non-hydrogen) atoms. The van der Waals surface area contributed by atoms with Crippen molar-refractivity contribution in [3.63, 3.8) is 0 Å². The largest absolute Gasteiger partial charge is 0.508 e. The first-order valence-corrected chi connectivity index (χ1v) is 8.98. The third kappa shape index (κ3) is 3.85. The second-order valence-corrected chi connectivity index (χ2v) is 6.63. The fourth-order valence-corrected chi connectivity index (χ4v) is 3.33. The van der Waals surface area contributed by atoms with Crippen molar-refractivity contribution in [2.45, 2.75) is 6.54 Å². The summed E-state index contributed by atoms with van der Waals surface area (Å²) in [7, 11) is 0. The van der Waals surface area contributed by atoms with Gasteiger partial charge in [0.1, 0.15) is 5.75 Å². The van der Waals surface area contributed by atoms with Gasteiger partial charge in [0.25, 0.3) is 5.91 Å². The number of phenolic OH excluding ortho intramolecular Hbond substituents is 1. The number of rotatable bonds is 4. The normalized spacial score (nSPS) is 15.0. The van der Waals surface area contributed by atoms with E-state index in [1.54, 1.807) is 29.3 Å². The minimum atomic E-state index is -0.0685. The highest BCUT2D eigenvalue weighted by molar-refractivity contribution is 5.91. The van der Waals surface area contributed by atoms with Crippen molar-refractivity contribution in [1.82, 2.24) is 14.8 Å². The van der Waals surface area contributed by atoms with E-state index in [0.29, 0.717) is 25.4 Å². The minimum Gasteiger partial charge on any atom is -0.508 e. The molecule has 0 atom stereocenters. The molecular formula is C21H21N3O3. The van der Waals surface area contributed by atoms with Crippen molar-refractivity contribution in [3.05, 3.63) is 72.4 Å². The Bertz CT molecular complexity index is 902. The van der Waals surface area contributed by atoms with Crippen LogP contribution in [0.2, 0.25) is 0 Å². The Morgan fingerprint density at radius 2 is 1.93 bits per heavy atom. The van der Waals surface area contributed by atoms with Gasteiger partial charge in [-0.15, -0.1) is 0 Å². The van der Waals surface area contributed by atoms with E-state index in [1.165, 1.54) is 6.26 Å². The zero-order valence-corrected chi connectivity index (χ0v) is 14.9. The summed E-state index contributed by atoms with van der Waals surface area (Å²) in [5.74, 6) is 0.600. The zero-order chi connectivity index (χ0) is 18.6. The first-order chi connectivity index (χ1) is 13.2. The second-order valence-electron chi connectivity index (χ2n) is 6.63. The molecule has 3 aromatic rings. The van der Waals surface area contributed by atoms with Gasteiger partial charge < -0.3 is 14.4 Å². The van der Waals surface area contributed by atoms with Gasteiger partial charge in [-0.1, -0.05) is 12.1 Å². The molecular weight excluding hydrogens is 342 g/mol. The lowest BCUT2D eigenvalue weighted by atomic mass is 10.0. The number of aromatic hydroxyl groups is 1. The second kappa shape index (κ2) is 7.63. The van der Waals surface area contributed by atoms with E-state index >= 15 is 0 Å².